The third-order valence-corrected chi connectivity index (χ3v) is 5.53. The van der Waals surface area contributed by atoms with Gasteiger partial charge in [-0.2, -0.15) is 0 Å². The Morgan fingerprint density at radius 1 is 1.30 bits per heavy atom. The van der Waals surface area contributed by atoms with Crippen LogP contribution in [0.4, 0.5) is 4.79 Å². The maximum atomic E-state index is 12.7. The second kappa shape index (κ2) is 5.44. The molecule has 7 heteroatoms. The van der Waals surface area contributed by atoms with Gasteiger partial charge in [0, 0.05) is 30.9 Å². The van der Waals surface area contributed by atoms with E-state index in [2.05, 4.69) is 25.8 Å². The molecular weight excluding hydrogens is 278 g/mol. The second-order valence-electron chi connectivity index (χ2n) is 6.13. The number of amides is 2. The Kier molecular flexibility index (Phi) is 4.20. The Bertz CT molecular complexity index is 416. The summed E-state index contributed by atoms with van der Waals surface area (Å²) < 4.78 is 0. The number of carbonyl (C=O) groups is 2. The van der Waals surface area contributed by atoms with E-state index in [0.29, 0.717) is 18.8 Å². The Morgan fingerprint density at radius 3 is 2.50 bits per heavy atom. The van der Waals surface area contributed by atoms with Crippen LogP contribution in [-0.2, 0) is 4.79 Å². The van der Waals surface area contributed by atoms with Gasteiger partial charge in [0.2, 0.25) is 0 Å². The molecule has 0 saturated carbocycles. The van der Waals surface area contributed by atoms with E-state index in [1.54, 1.807) is 4.90 Å². The van der Waals surface area contributed by atoms with Crippen molar-refractivity contribution in [1.82, 2.24) is 14.7 Å². The molecule has 0 aromatic heterocycles. The summed E-state index contributed by atoms with van der Waals surface area (Å²) in [4.78, 5) is 29.5. The molecule has 114 valence electrons. The number of thioether (sulfide) groups is 1. The first-order valence-electron chi connectivity index (χ1n) is 6.87. The first kappa shape index (κ1) is 15.4. The SMILES string of the molecule is CC1SCC(C(=O)O)N1C(=O)N1CCN(C)C(C)(C)C1. The fourth-order valence-electron chi connectivity index (χ4n) is 2.69. The minimum absolute atomic E-state index is 0.0774. The van der Waals surface area contributed by atoms with Crippen LogP contribution in [0.15, 0.2) is 0 Å². The summed E-state index contributed by atoms with van der Waals surface area (Å²) in [6.45, 7) is 8.19. The van der Waals surface area contributed by atoms with Gasteiger partial charge in [-0.25, -0.2) is 9.59 Å². The molecule has 2 atom stereocenters. The molecule has 2 rings (SSSR count). The number of aliphatic carboxylic acids is 1. The van der Waals surface area contributed by atoms with E-state index in [1.165, 1.54) is 16.7 Å². The van der Waals surface area contributed by atoms with Crippen molar-refractivity contribution in [3.63, 3.8) is 0 Å². The lowest BCUT2D eigenvalue weighted by Crippen LogP contribution is -2.62. The lowest BCUT2D eigenvalue weighted by Gasteiger charge is -2.46. The molecule has 2 saturated heterocycles. The van der Waals surface area contributed by atoms with Crippen LogP contribution in [0.2, 0.25) is 0 Å². The molecule has 0 aliphatic carbocycles. The average molecular weight is 301 g/mol. The second-order valence-corrected chi connectivity index (χ2v) is 7.48. The summed E-state index contributed by atoms with van der Waals surface area (Å²) in [5.41, 5.74) is -0.0806. The first-order valence-corrected chi connectivity index (χ1v) is 7.92. The number of carbonyl (C=O) groups excluding carboxylic acids is 1. The molecule has 2 heterocycles. The quantitative estimate of drug-likeness (QED) is 0.782. The van der Waals surface area contributed by atoms with Crippen molar-refractivity contribution in [2.24, 2.45) is 0 Å². The molecule has 2 amide bonds. The van der Waals surface area contributed by atoms with Gasteiger partial charge in [-0.1, -0.05) is 0 Å². The van der Waals surface area contributed by atoms with Crippen molar-refractivity contribution < 1.29 is 14.7 Å². The van der Waals surface area contributed by atoms with Crippen LogP contribution in [0.5, 0.6) is 0 Å². The van der Waals surface area contributed by atoms with Crippen LogP contribution in [0.1, 0.15) is 20.8 Å². The van der Waals surface area contributed by atoms with Crippen molar-refractivity contribution in [2.75, 3.05) is 32.4 Å². The number of nitrogens with zero attached hydrogens (tertiary/aromatic N) is 3. The van der Waals surface area contributed by atoms with E-state index in [1.807, 2.05) is 6.92 Å². The van der Waals surface area contributed by atoms with Crippen LogP contribution in [0.3, 0.4) is 0 Å². The predicted molar refractivity (Wildman–Crippen MR) is 78.9 cm³/mol. The monoisotopic (exact) mass is 301 g/mol. The Balaban J connectivity index is 2.12. The van der Waals surface area contributed by atoms with Crippen molar-refractivity contribution >= 4 is 23.8 Å². The van der Waals surface area contributed by atoms with Crippen molar-refractivity contribution in [3.8, 4) is 0 Å². The van der Waals surface area contributed by atoms with Crippen LogP contribution in [-0.4, -0.2) is 81.2 Å². The molecule has 0 bridgehead atoms. The Morgan fingerprint density at radius 2 is 1.95 bits per heavy atom. The van der Waals surface area contributed by atoms with E-state index in [0.717, 1.165) is 6.54 Å². The van der Waals surface area contributed by atoms with Crippen LogP contribution in [0.25, 0.3) is 0 Å². The Hall–Kier alpha value is -0.950. The van der Waals surface area contributed by atoms with Crippen LogP contribution >= 0.6 is 11.8 Å². The highest BCUT2D eigenvalue weighted by molar-refractivity contribution is 8.00. The van der Waals surface area contributed by atoms with E-state index in [-0.39, 0.29) is 16.9 Å². The zero-order valence-electron chi connectivity index (χ0n) is 12.5. The summed E-state index contributed by atoms with van der Waals surface area (Å²) in [7, 11) is 2.05. The number of urea groups is 1. The lowest BCUT2D eigenvalue weighted by molar-refractivity contribution is -0.141. The van der Waals surface area contributed by atoms with Gasteiger partial charge in [0.1, 0.15) is 6.04 Å². The highest BCUT2D eigenvalue weighted by Crippen LogP contribution is 2.31. The number of piperazine rings is 1. The molecular formula is C13H23N3O3S. The molecule has 2 aliphatic heterocycles. The summed E-state index contributed by atoms with van der Waals surface area (Å²) in [6, 6.07) is -0.846. The van der Waals surface area contributed by atoms with Gasteiger partial charge in [0.25, 0.3) is 0 Å². The maximum absolute atomic E-state index is 12.7. The van der Waals surface area contributed by atoms with Gasteiger partial charge < -0.3 is 10.0 Å². The van der Waals surface area contributed by atoms with E-state index in [4.69, 9.17) is 0 Å². The molecule has 0 aromatic carbocycles. The molecule has 2 aliphatic rings. The fourth-order valence-corrected chi connectivity index (χ4v) is 3.85. The van der Waals surface area contributed by atoms with Crippen LogP contribution < -0.4 is 0 Å². The molecule has 6 nitrogen and oxygen atoms in total. The maximum Gasteiger partial charge on any atom is 0.327 e. The van der Waals surface area contributed by atoms with Gasteiger partial charge in [-0.3, -0.25) is 9.80 Å². The standard InChI is InChI=1S/C13H23N3O3S/c1-9-16(10(7-20-9)11(17)18)12(19)15-6-5-14(4)13(2,3)8-15/h9-10H,5-8H2,1-4H3,(H,17,18). The number of rotatable bonds is 1. The third-order valence-electron chi connectivity index (χ3n) is 4.32. The Labute approximate surface area is 124 Å². The van der Waals surface area contributed by atoms with Crippen molar-refractivity contribution in [3.05, 3.63) is 0 Å². The van der Waals surface area contributed by atoms with Gasteiger partial charge in [-0.15, -0.1) is 11.8 Å². The summed E-state index contributed by atoms with van der Waals surface area (Å²) >= 11 is 1.52. The predicted octanol–water partition coefficient (Wildman–Crippen LogP) is 0.980. The lowest BCUT2D eigenvalue weighted by atomic mass is 10.00. The molecule has 0 spiro atoms. The highest BCUT2D eigenvalue weighted by atomic mass is 32.2. The van der Waals surface area contributed by atoms with Gasteiger partial charge in [0.05, 0.1) is 5.37 Å². The number of carboxylic acid groups (broad SMARTS) is 1. The summed E-state index contributed by atoms with van der Waals surface area (Å²) in [6.07, 6.45) is 0. The number of hydrogen-bond acceptors (Lipinski definition) is 4. The fraction of sp³-hybridized carbons (Fsp3) is 0.846. The van der Waals surface area contributed by atoms with Gasteiger partial charge >= 0.3 is 12.0 Å². The number of likely N-dealkylation sites (N-methyl/N-ethyl adjacent to an activating group) is 1. The molecule has 20 heavy (non-hydrogen) atoms. The van der Waals surface area contributed by atoms with Crippen molar-refractivity contribution in [2.45, 2.75) is 37.7 Å². The molecule has 2 unspecified atom stereocenters. The van der Waals surface area contributed by atoms with Crippen molar-refractivity contribution in [1.29, 1.82) is 0 Å². The van der Waals surface area contributed by atoms with E-state index >= 15 is 0 Å². The topological polar surface area (TPSA) is 64.1 Å². The minimum Gasteiger partial charge on any atom is -0.480 e. The minimum atomic E-state index is -0.913. The zero-order chi connectivity index (χ0) is 15.1. The molecule has 0 aromatic rings. The van der Waals surface area contributed by atoms with E-state index in [9.17, 15) is 14.7 Å². The molecule has 1 N–H and O–H groups in total. The number of carboxylic acids is 1. The normalized spacial score (nSPS) is 30.6. The number of hydrogen-bond donors (Lipinski definition) is 1. The third kappa shape index (κ3) is 2.74. The highest BCUT2D eigenvalue weighted by Gasteiger charge is 2.43. The molecule has 2 fully saturated rings. The molecule has 0 radical (unpaired) electrons. The first-order chi connectivity index (χ1) is 9.24. The summed E-state index contributed by atoms with van der Waals surface area (Å²) in [5.74, 6) is -0.442. The van der Waals surface area contributed by atoms with Gasteiger partial charge in [-0.05, 0) is 27.8 Å². The largest absolute Gasteiger partial charge is 0.480 e. The zero-order valence-corrected chi connectivity index (χ0v) is 13.3. The van der Waals surface area contributed by atoms with E-state index < -0.39 is 12.0 Å². The van der Waals surface area contributed by atoms with Gasteiger partial charge in [0.15, 0.2) is 0 Å². The summed E-state index contributed by atoms with van der Waals surface area (Å²) in [5, 5.41) is 9.18. The average Bonchev–Trinajstić information content (AvgIpc) is 2.74. The van der Waals surface area contributed by atoms with Crippen LogP contribution in [0, 0.1) is 0 Å². The smallest absolute Gasteiger partial charge is 0.327 e.